The average molecular weight is 1360 g/mol. The molecule has 0 saturated carbocycles. The van der Waals surface area contributed by atoms with E-state index >= 15 is 0 Å². The smallest absolute Gasteiger partial charge is 0.462 e. The van der Waals surface area contributed by atoms with E-state index in [2.05, 4.69) is 90.2 Å². The number of phosphoric ester groups is 2. The second-order valence-corrected chi connectivity index (χ2v) is 28.9. The number of unbranched alkanes of at least 4 members (excludes halogenated alkanes) is 32. The van der Waals surface area contributed by atoms with Gasteiger partial charge in [-0.05, 0) is 88.9 Å². The zero-order chi connectivity index (χ0) is 68.6. The molecule has 0 heterocycles. The topological polar surface area (TPSA) is 237 Å². The number of aliphatic hydroxyl groups is 1. The van der Waals surface area contributed by atoms with Gasteiger partial charge in [-0.1, -0.05) is 276 Å². The van der Waals surface area contributed by atoms with E-state index in [4.69, 9.17) is 37.0 Å². The minimum absolute atomic E-state index is 0.0814. The zero-order valence-electron chi connectivity index (χ0n) is 59.5. The predicted octanol–water partition coefficient (Wildman–Crippen LogP) is 20.7. The van der Waals surface area contributed by atoms with Crippen molar-refractivity contribution in [3.05, 3.63) is 48.6 Å². The maximum atomic E-state index is 13.0. The van der Waals surface area contributed by atoms with Crippen molar-refractivity contribution in [1.29, 1.82) is 0 Å². The summed E-state index contributed by atoms with van der Waals surface area (Å²) in [5.74, 6) is -0.710. The summed E-state index contributed by atoms with van der Waals surface area (Å²) in [6, 6.07) is 0. The zero-order valence-corrected chi connectivity index (χ0v) is 61.3. The number of aliphatic hydroxyl groups excluding tert-OH is 1. The van der Waals surface area contributed by atoms with Crippen molar-refractivity contribution in [2.75, 3.05) is 39.6 Å². The van der Waals surface area contributed by atoms with Gasteiger partial charge in [-0.15, -0.1) is 0 Å². The number of ether oxygens (including phenoxy) is 4. The predicted molar refractivity (Wildman–Crippen MR) is 376 cm³/mol. The lowest BCUT2D eigenvalue weighted by Gasteiger charge is -2.21. The molecule has 19 heteroatoms. The van der Waals surface area contributed by atoms with Gasteiger partial charge in [-0.25, -0.2) is 9.13 Å². The average Bonchev–Trinajstić information content (AvgIpc) is 2.40. The van der Waals surface area contributed by atoms with Gasteiger partial charge in [0, 0.05) is 25.7 Å². The van der Waals surface area contributed by atoms with E-state index in [1.54, 1.807) is 0 Å². The molecule has 0 saturated heterocycles. The number of hydrogen-bond donors (Lipinski definition) is 3. The van der Waals surface area contributed by atoms with Crippen LogP contribution in [0.15, 0.2) is 48.6 Å². The second kappa shape index (κ2) is 65.0. The van der Waals surface area contributed by atoms with Crippen LogP contribution in [-0.4, -0.2) is 96.7 Å². The van der Waals surface area contributed by atoms with Gasteiger partial charge in [0.25, 0.3) is 0 Å². The van der Waals surface area contributed by atoms with Crippen molar-refractivity contribution in [3.8, 4) is 0 Å². The quantitative estimate of drug-likeness (QED) is 0.0169. The van der Waals surface area contributed by atoms with E-state index in [1.807, 2.05) is 0 Å². The molecule has 0 bridgehead atoms. The van der Waals surface area contributed by atoms with Gasteiger partial charge in [0.15, 0.2) is 12.2 Å². The highest BCUT2D eigenvalue weighted by Gasteiger charge is 2.30. The van der Waals surface area contributed by atoms with E-state index in [0.717, 1.165) is 134 Å². The molecule has 6 atom stereocenters. The Kier molecular flexibility index (Phi) is 62.9. The molecule has 0 aromatic rings. The maximum absolute atomic E-state index is 13.0. The summed E-state index contributed by atoms with van der Waals surface area (Å²) in [4.78, 5) is 72.6. The molecule has 0 aromatic heterocycles. The van der Waals surface area contributed by atoms with Crippen molar-refractivity contribution in [2.24, 2.45) is 11.8 Å². The van der Waals surface area contributed by atoms with E-state index in [-0.39, 0.29) is 25.7 Å². The minimum atomic E-state index is -4.97. The van der Waals surface area contributed by atoms with Gasteiger partial charge in [-0.2, -0.15) is 0 Å². The monoisotopic (exact) mass is 1360 g/mol. The van der Waals surface area contributed by atoms with Crippen LogP contribution in [0, 0.1) is 11.8 Å². The molecule has 0 aliphatic rings. The summed E-state index contributed by atoms with van der Waals surface area (Å²) in [7, 11) is -9.93. The molecule has 3 N–H and O–H groups in total. The molecule has 3 unspecified atom stereocenters. The lowest BCUT2D eigenvalue weighted by molar-refractivity contribution is -0.161. The Bertz CT molecular complexity index is 1990. The van der Waals surface area contributed by atoms with Crippen LogP contribution in [0.3, 0.4) is 0 Å². The molecular formula is C74H136O17P2. The molecule has 17 nitrogen and oxygen atoms in total. The largest absolute Gasteiger partial charge is 0.472 e. The third kappa shape index (κ3) is 66.1. The summed E-state index contributed by atoms with van der Waals surface area (Å²) < 4.78 is 68.3. The van der Waals surface area contributed by atoms with Crippen LogP contribution in [0.25, 0.3) is 0 Å². The SMILES string of the molecule is CCCCCC/C=C\C=C/CCCCCCCC(=O)OC[C@H](COP(=O)(O)OC[C@@H](O)COP(=O)(O)OC[C@@H](COC(=O)CCCCCCCCC(C)C)OC(=O)CCCCCCC/C=C\C=C/CCCCCC)OC(=O)CCCCCCCCCCCCC(C)CC. The molecule has 0 rings (SSSR count). The molecular weight excluding hydrogens is 1220 g/mol. The first kappa shape index (κ1) is 90.0. The summed E-state index contributed by atoms with van der Waals surface area (Å²) in [5.41, 5.74) is 0. The number of allylic oxidation sites excluding steroid dienone is 8. The van der Waals surface area contributed by atoms with Crippen molar-refractivity contribution >= 4 is 39.5 Å². The van der Waals surface area contributed by atoms with E-state index in [0.29, 0.717) is 31.6 Å². The Labute approximate surface area is 566 Å². The number of carbonyl (C=O) groups excluding carboxylic acids is 4. The van der Waals surface area contributed by atoms with E-state index in [9.17, 15) is 43.2 Å². The first-order chi connectivity index (χ1) is 44.9. The van der Waals surface area contributed by atoms with Crippen LogP contribution in [0.5, 0.6) is 0 Å². The third-order valence-corrected chi connectivity index (χ3v) is 18.2. The molecule has 544 valence electrons. The lowest BCUT2D eigenvalue weighted by Crippen LogP contribution is -2.30. The van der Waals surface area contributed by atoms with Gasteiger partial charge >= 0.3 is 39.5 Å². The van der Waals surface area contributed by atoms with Gasteiger partial charge in [0.1, 0.15) is 19.3 Å². The number of carbonyl (C=O) groups is 4. The molecule has 0 spiro atoms. The fourth-order valence-electron chi connectivity index (χ4n) is 10.2. The molecule has 93 heavy (non-hydrogen) atoms. The highest BCUT2D eigenvalue weighted by molar-refractivity contribution is 7.47. The Hall–Kier alpha value is -2.98. The lowest BCUT2D eigenvalue weighted by atomic mass is 9.99. The van der Waals surface area contributed by atoms with Crippen molar-refractivity contribution in [2.45, 2.75) is 349 Å². The Morgan fingerprint density at radius 3 is 0.957 bits per heavy atom. The fraction of sp³-hybridized carbons (Fsp3) is 0.838. The van der Waals surface area contributed by atoms with Crippen LogP contribution >= 0.6 is 15.6 Å². The minimum Gasteiger partial charge on any atom is -0.462 e. The second-order valence-electron chi connectivity index (χ2n) is 26.0. The molecule has 0 aliphatic carbocycles. The van der Waals surface area contributed by atoms with Gasteiger partial charge in [-0.3, -0.25) is 37.3 Å². The highest BCUT2D eigenvalue weighted by atomic mass is 31.2. The molecule has 0 fully saturated rings. The van der Waals surface area contributed by atoms with E-state index in [1.165, 1.54) is 109 Å². The van der Waals surface area contributed by atoms with Crippen LogP contribution in [0.4, 0.5) is 0 Å². The third-order valence-electron chi connectivity index (χ3n) is 16.3. The molecule has 0 aliphatic heterocycles. The standard InChI is InChI=1S/C74H136O17P2/c1-7-10-12-14-16-18-20-22-24-26-28-33-37-44-50-56-71(76)84-62-69(90-74(79)59-53-47-39-35-31-30-32-36-43-49-55-67(6)9-3)64-88-92(80,81)86-60-68(75)61-87-93(82,83)89-65-70(63-85-72(77)57-51-45-41-40-42-48-54-66(4)5)91-73(78)58-52-46-38-34-29-27-25-23-21-19-17-15-13-11-8-2/h18-25,66-70,75H,7-17,26-65H2,1-6H3,(H,80,81)(H,82,83)/b20-18-,21-19-,24-22-,25-23-/t67?,68-,69-,70-/m1/s1. The van der Waals surface area contributed by atoms with Crippen molar-refractivity contribution in [3.63, 3.8) is 0 Å². The van der Waals surface area contributed by atoms with Crippen LogP contribution in [-0.2, 0) is 65.4 Å². The maximum Gasteiger partial charge on any atom is 0.472 e. The van der Waals surface area contributed by atoms with Crippen LogP contribution in [0.2, 0.25) is 0 Å². The normalized spacial score (nSPS) is 14.7. The van der Waals surface area contributed by atoms with Crippen LogP contribution in [0.1, 0.15) is 330 Å². The number of esters is 4. The van der Waals surface area contributed by atoms with Gasteiger partial charge < -0.3 is 33.8 Å². The summed E-state index contributed by atoms with van der Waals surface area (Å²) >= 11 is 0. The van der Waals surface area contributed by atoms with Gasteiger partial charge in [0.2, 0.25) is 0 Å². The highest BCUT2D eigenvalue weighted by Crippen LogP contribution is 2.45. The fourth-order valence-corrected chi connectivity index (χ4v) is 11.8. The van der Waals surface area contributed by atoms with Crippen molar-refractivity contribution in [1.82, 2.24) is 0 Å². The Morgan fingerprint density at radius 1 is 0.355 bits per heavy atom. The summed E-state index contributed by atoms with van der Waals surface area (Å²) in [6.07, 6.45) is 57.2. The Morgan fingerprint density at radius 2 is 0.634 bits per heavy atom. The molecule has 0 radical (unpaired) electrons. The Balaban J connectivity index is 5.32. The number of hydrogen-bond acceptors (Lipinski definition) is 15. The van der Waals surface area contributed by atoms with E-state index < -0.39 is 97.5 Å². The first-order valence-electron chi connectivity index (χ1n) is 37.2. The summed E-state index contributed by atoms with van der Waals surface area (Å²) in [5, 5.41) is 10.6. The van der Waals surface area contributed by atoms with Crippen molar-refractivity contribution < 1.29 is 80.2 Å². The number of phosphoric acid groups is 2. The number of rotatable bonds is 69. The van der Waals surface area contributed by atoms with Gasteiger partial charge in [0.05, 0.1) is 26.4 Å². The first-order valence-corrected chi connectivity index (χ1v) is 40.2. The molecule has 0 amide bonds. The van der Waals surface area contributed by atoms with Crippen LogP contribution < -0.4 is 0 Å². The molecule has 0 aromatic carbocycles. The summed E-state index contributed by atoms with van der Waals surface area (Å²) in [6.45, 7) is 9.38.